The van der Waals surface area contributed by atoms with E-state index >= 15 is 0 Å². The van der Waals surface area contributed by atoms with E-state index in [1.165, 1.54) is 5.56 Å². The van der Waals surface area contributed by atoms with Gasteiger partial charge in [0.1, 0.15) is 6.61 Å². The van der Waals surface area contributed by atoms with Gasteiger partial charge in [0.15, 0.2) is 11.4 Å². The van der Waals surface area contributed by atoms with Crippen molar-refractivity contribution in [1.82, 2.24) is 9.97 Å². The summed E-state index contributed by atoms with van der Waals surface area (Å²) in [6, 6.07) is 8.45. The highest BCUT2D eigenvalue weighted by Gasteiger charge is 2.36. The molecule has 0 saturated carbocycles. The molecule has 0 amide bonds. The number of hydrogen-bond acceptors (Lipinski definition) is 7. The van der Waals surface area contributed by atoms with Crippen molar-refractivity contribution in [3.8, 4) is 17.1 Å². The van der Waals surface area contributed by atoms with Crippen LogP contribution in [0.15, 0.2) is 29.4 Å². The van der Waals surface area contributed by atoms with Gasteiger partial charge in [-0.3, -0.25) is 0 Å². The van der Waals surface area contributed by atoms with E-state index in [1.54, 1.807) is 18.9 Å². The molecule has 2 aliphatic rings. The van der Waals surface area contributed by atoms with Gasteiger partial charge < -0.3 is 18.9 Å². The molecule has 1 aliphatic heterocycles. The van der Waals surface area contributed by atoms with Crippen molar-refractivity contribution < 1.29 is 18.9 Å². The summed E-state index contributed by atoms with van der Waals surface area (Å²) in [6.07, 6.45) is 0.580. The molecule has 4 rings (SSSR count). The van der Waals surface area contributed by atoms with E-state index in [-0.39, 0.29) is 11.7 Å². The maximum atomic E-state index is 6.14. The predicted octanol–water partition coefficient (Wildman–Crippen LogP) is 3.47. The van der Waals surface area contributed by atoms with Crippen LogP contribution in [0, 0.1) is 0 Å². The van der Waals surface area contributed by atoms with Crippen molar-refractivity contribution in [2.24, 2.45) is 0 Å². The third kappa shape index (κ3) is 4.03. The first kappa shape index (κ1) is 19.6. The maximum absolute atomic E-state index is 6.14. The smallest absolute Gasteiger partial charge is 0.222 e. The Hall–Kier alpha value is -1.67. The first-order valence-electron chi connectivity index (χ1n) is 9.57. The number of fused-ring (bicyclic) bond motifs is 3. The zero-order valence-corrected chi connectivity index (χ0v) is 17.4. The first-order valence-corrected chi connectivity index (χ1v) is 10.6. The first-order chi connectivity index (χ1) is 13.6. The van der Waals surface area contributed by atoms with Gasteiger partial charge in [0, 0.05) is 29.4 Å². The summed E-state index contributed by atoms with van der Waals surface area (Å²) >= 11 is 1.58. The van der Waals surface area contributed by atoms with E-state index < -0.39 is 0 Å². The number of methoxy groups -OCH3 is 1. The summed E-state index contributed by atoms with van der Waals surface area (Å²) in [4.78, 5) is 9.67. The molecule has 2 aromatic rings. The number of aromatic nitrogens is 2. The van der Waals surface area contributed by atoms with Crippen LogP contribution in [0.25, 0.3) is 11.3 Å². The second kappa shape index (κ2) is 8.37. The maximum Gasteiger partial charge on any atom is 0.222 e. The fourth-order valence-corrected chi connectivity index (χ4v) is 4.47. The fraction of sp³-hybridized carbons (Fsp3) is 0.524. The third-order valence-corrected chi connectivity index (χ3v) is 5.81. The largest absolute Gasteiger partial charge is 0.472 e. The second-order valence-electron chi connectivity index (χ2n) is 7.58. The van der Waals surface area contributed by atoms with Crippen LogP contribution in [-0.2, 0) is 26.0 Å². The van der Waals surface area contributed by atoms with E-state index in [0.717, 1.165) is 29.0 Å². The summed E-state index contributed by atoms with van der Waals surface area (Å²) in [5, 5.41) is 0.701. The van der Waals surface area contributed by atoms with Gasteiger partial charge in [-0.15, -0.1) is 0 Å². The summed E-state index contributed by atoms with van der Waals surface area (Å²) < 4.78 is 22.4. The van der Waals surface area contributed by atoms with Gasteiger partial charge in [-0.25, -0.2) is 4.98 Å². The molecule has 2 heterocycles. The van der Waals surface area contributed by atoms with Crippen LogP contribution in [0.3, 0.4) is 0 Å². The quantitative estimate of drug-likeness (QED) is 0.399. The van der Waals surface area contributed by atoms with E-state index in [4.69, 9.17) is 28.9 Å². The van der Waals surface area contributed by atoms with E-state index in [9.17, 15) is 0 Å². The van der Waals surface area contributed by atoms with Crippen LogP contribution >= 0.6 is 11.8 Å². The van der Waals surface area contributed by atoms with Crippen molar-refractivity contribution in [2.45, 2.75) is 37.1 Å². The zero-order chi connectivity index (χ0) is 19.6. The van der Waals surface area contributed by atoms with E-state index in [0.29, 0.717) is 37.5 Å². The molecule has 1 saturated heterocycles. The molecular weight excluding hydrogens is 376 g/mol. The second-order valence-corrected chi connectivity index (χ2v) is 8.64. The van der Waals surface area contributed by atoms with Gasteiger partial charge in [-0.2, -0.15) is 4.98 Å². The topological polar surface area (TPSA) is 62.7 Å². The number of ether oxygens (including phenoxy) is 4. The van der Waals surface area contributed by atoms with Crippen LogP contribution in [-0.4, -0.2) is 55.5 Å². The van der Waals surface area contributed by atoms with Gasteiger partial charge in [0.2, 0.25) is 5.88 Å². The standard InChI is InChI=1S/C21H26N2O4S/c1-21(2)12-14-6-4-5-7-15(14)18-17(21)19(27-13-16-25-8-9-26-16)23-20(22-18)28-11-10-24-3/h4-7,16H,8-13H2,1-3H3. The molecule has 0 unspecified atom stereocenters. The lowest BCUT2D eigenvalue weighted by molar-refractivity contribution is -0.0696. The highest BCUT2D eigenvalue weighted by Crippen LogP contribution is 2.46. The molecule has 6 nitrogen and oxygen atoms in total. The average molecular weight is 403 g/mol. The van der Waals surface area contributed by atoms with E-state index in [1.807, 2.05) is 0 Å². The number of nitrogens with zero attached hydrogens (tertiary/aromatic N) is 2. The summed E-state index contributed by atoms with van der Waals surface area (Å²) in [6.45, 7) is 6.62. The van der Waals surface area contributed by atoms with Crippen LogP contribution < -0.4 is 4.74 Å². The molecule has 0 spiro atoms. The number of rotatable bonds is 7. The number of hydrogen-bond donors (Lipinski definition) is 0. The van der Waals surface area contributed by atoms with E-state index in [2.05, 4.69) is 38.1 Å². The van der Waals surface area contributed by atoms with Crippen molar-refractivity contribution in [1.29, 1.82) is 0 Å². The molecule has 1 fully saturated rings. The van der Waals surface area contributed by atoms with Gasteiger partial charge in [-0.05, 0) is 12.0 Å². The minimum absolute atomic E-state index is 0.133. The minimum atomic E-state index is -0.339. The van der Waals surface area contributed by atoms with Crippen LogP contribution in [0.1, 0.15) is 25.0 Å². The normalized spacial score (nSPS) is 18.0. The summed E-state index contributed by atoms with van der Waals surface area (Å²) in [7, 11) is 1.70. The molecule has 0 radical (unpaired) electrons. The molecule has 1 aliphatic carbocycles. The Morgan fingerprint density at radius 3 is 2.75 bits per heavy atom. The van der Waals surface area contributed by atoms with Crippen LogP contribution in [0.5, 0.6) is 5.88 Å². The predicted molar refractivity (Wildman–Crippen MR) is 108 cm³/mol. The average Bonchev–Trinajstić information content (AvgIpc) is 3.19. The van der Waals surface area contributed by atoms with Crippen LogP contribution in [0.4, 0.5) is 0 Å². The molecule has 0 atom stereocenters. The lowest BCUT2D eigenvalue weighted by Crippen LogP contribution is -2.29. The van der Waals surface area contributed by atoms with Crippen molar-refractivity contribution in [2.75, 3.05) is 39.3 Å². The molecule has 1 aromatic heterocycles. The van der Waals surface area contributed by atoms with Crippen molar-refractivity contribution in [3.63, 3.8) is 0 Å². The highest BCUT2D eigenvalue weighted by molar-refractivity contribution is 7.99. The lowest BCUT2D eigenvalue weighted by Gasteiger charge is -2.34. The zero-order valence-electron chi connectivity index (χ0n) is 16.6. The molecule has 150 valence electrons. The minimum Gasteiger partial charge on any atom is -0.472 e. The lowest BCUT2D eigenvalue weighted by atomic mass is 9.72. The number of thioether (sulfide) groups is 1. The van der Waals surface area contributed by atoms with Crippen molar-refractivity contribution in [3.05, 3.63) is 35.4 Å². The monoisotopic (exact) mass is 402 g/mol. The SMILES string of the molecule is COCCSc1nc(OCC2OCCO2)c2c(n1)-c1ccccc1CC2(C)C. The number of benzene rings is 1. The van der Waals surface area contributed by atoms with Crippen molar-refractivity contribution >= 4 is 11.8 Å². The fourth-order valence-electron chi connectivity index (χ4n) is 3.73. The molecule has 28 heavy (non-hydrogen) atoms. The summed E-state index contributed by atoms with van der Waals surface area (Å²) in [5.74, 6) is 1.41. The molecular formula is C21H26N2O4S. The Balaban J connectivity index is 1.74. The molecule has 0 N–H and O–H groups in total. The summed E-state index contributed by atoms with van der Waals surface area (Å²) in [5.41, 5.74) is 4.35. The van der Waals surface area contributed by atoms with Crippen LogP contribution in [0.2, 0.25) is 0 Å². The van der Waals surface area contributed by atoms with Gasteiger partial charge in [-0.1, -0.05) is 49.9 Å². The Morgan fingerprint density at radius 1 is 1.18 bits per heavy atom. The molecule has 0 bridgehead atoms. The Bertz CT molecular complexity index is 837. The van der Waals surface area contributed by atoms with Gasteiger partial charge >= 0.3 is 0 Å². The molecule has 1 aromatic carbocycles. The Morgan fingerprint density at radius 2 is 1.96 bits per heavy atom. The Labute approximate surface area is 170 Å². The highest BCUT2D eigenvalue weighted by atomic mass is 32.2. The third-order valence-electron chi connectivity index (χ3n) is 5.00. The van der Waals surface area contributed by atoms with Gasteiger partial charge in [0.25, 0.3) is 0 Å². The molecule has 7 heteroatoms. The Kier molecular flexibility index (Phi) is 5.87. The van der Waals surface area contributed by atoms with Gasteiger partial charge in [0.05, 0.1) is 25.5 Å².